The highest BCUT2D eigenvalue weighted by Gasteiger charge is 2.28. The third-order valence-corrected chi connectivity index (χ3v) is 6.72. The number of carbonyl (C=O) groups excluding carboxylic acids is 2. The van der Waals surface area contributed by atoms with Gasteiger partial charge in [-0.3, -0.25) is 4.79 Å². The van der Waals surface area contributed by atoms with E-state index in [-0.39, 0.29) is 11.9 Å². The number of likely N-dealkylation sites (tertiary alicyclic amines) is 1. The van der Waals surface area contributed by atoms with E-state index in [1.165, 1.54) is 0 Å². The second kappa shape index (κ2) is 10.5. The third kappa shape index (κ3) is 6.32. The van der Waals surface area contributed by atoms with E-state index in [4.69, 9.17) is 4.74 Å². The number of ether oxygens (including phenoxy) is 1. The number of imidazole rings is 1. The zero-order chi connectivity index (χ0) is 24.1. The highest BCUT2D eigenvalue weighted by molar-refractivity contribution is 7.98. The molecule has 0 aliphatic carbocycles. The number of pyridine rings is 1. The number of benzene rings is 1. The van der Waals surface area contributed by atoms with Crippen LogP contribution in [0.3, 0.4) is 0 Å². The van der Waals surface area contributed by atoms with Gasteiger partial charge in [-0.15, -0.1) is 11.8 Å². The summed E-state index contributed by atoms with van der Waals surface area (Å²) in [5, 5.41) is 2.83. The molecule has 0 bridgehead atoms. The lowest BCUT2D eigenvalue weighted by atomic mass is 10.0. The van der Waals surface area contributed by atoms with Crippen molar-refractivity contribution >= 4 is 29.4 Å². The number of aromatic nitrogens is 2. The van der Waals surface area contributed by atoms with Gasteiger partial charge in [-0.25, -0.2) is 9.78 Å². The van der Waals surface area contributed by atoms with E-state index in [1.54, 1.807) is 11.8 Å². The molecule has 1 aromatic carbocycles. The Morgan fingerprint density at radius 2 is 1.94 bits per heavy atom. The maximum absolute atomic E-state index is 13.2. The SMILES string of the molecule is CC(C)(C)OC(=O)NCC1CCCCN1C(=O)c1ccc(SCc2cn3ccccc3n2)cc1. The van der Waals surface area contributed by atoms with E-state index < -0.39 is 11.7 Å². The van der Waals surface area contributed by atoms with E-state index in [2.05, 4.69) is 10.3 Å². The quantitative estimate of drug-likeness (QED) is 0.494. The number of amides is 2. The fourth-order valence-corrected chi connectivity index (χ4v) is 4.85. The van der Waals surface area contributed by atoms with Crippen LogP contribution in [0.4, 0.5) is 4.79 Å². The maximum Gasteiger partial charge on any atom is 0.407 e. The van der Waals surface area contributed by atoms with Crippen LogP contribution in [-0.2, 0) is 10.5 Å². The lowest BCUT2D eigenvalue weighted by Gasteiger charge is -2.36. The Labute approximate surface area is 204 Å². The summed E-state index contributed by atoms with van der Waals surface area (Å²) >= 11 is 1.70. The van der Waals surface area contributed by atoms with Crippen molar-refractivity contribution in [2.24, 2.45) is 0 Å². The molecular weight excluding hydrogens is 448 g/mol. The van der Waals surface area contributed by atoms with E-state index >= 15 is 0 Å². The number of hydrogen-bond acceptors (Lipinski definition) is 5. The van der Waals surface area contributed by atoms with Gasteiger partial charge in [0.25, 0.3) is 5.91 Å². The molecule has 7 nitrogen and oxygen atoms in total. The Kier molecular flexibility index (Phi) is 7.46. The van der Waals surface area contributed by atoms with Gasteiger partial charge in [-0.05, 0) is 76.4 Å². The van der Waals surface area contributed by atoms with E-state index in [1.807, 2.05) is 84.9 Å². The first kappa shape index (κ1) is 24.1. The first-order valence-corrected chi connectivity index (χ1v) is 12.7. The van der Waals surface area contributed by atoms with Gasteiger partial charge >= 0.3 is 6.09 Å². The molecule has 2 amide bonds. The lowest BCUT2D eigenvalue weighted by molar-refractivity contribution is 0.0462. The fraction of sp³-hybridized carbons (Fsp3) is 0.423. The smallest absolute Gasteiger partial charge is 0.407 e. The molecule has 0 saturated carbocycles. The van der Waals surface area contributed by atoms with Crippen molar-refractivity contribution in [2.45, 2.75) is 62.3 Å². The second-order valence-electron chi connectivity index (χ2n) is 9.54. The van der Waals surface area contributed by atoms with Gasteiger partial charge in [0.15, 0.2) is 0 Å². The minimum Gasteiger partial charge on any atom is -0.444 e. The van der Waals surface area contributed by atoms with E-state index in [0.29, 0.717) is 18.7 Å². The van der Waals surface area contributed by atoms with Gasteiger partial charge in [0.1, 0.15) is 11.2 Å². The van der Waals surface area contributed by atoms with Crippen molar-refractivity contribution in [3.8, 4) is 0 Å². The molecule has 1 aliphatic heterocycles. The van der Waals surface area contributed by atoms with E-state index in [0.717, 1.165) is 41.3 Å². The number of nitrogens with zero attached hydrogens (tertiary/aromatic N) is 3. The molecule has 3 aromatic rings. The van der Waals surface area contributed by atoms with Crippen LogP contribution in [0.25, 0.3) is 5.65 Å². The second-order valence-corrected chi connectivity index (χ2v) is 10.6. The summed E-state index contributed by atoms with van der Waals surface area (Å²) < 4.78 is 7.35. The average molecular weight is 481 g/mol. The minimum atomic E-state index is -0.545. The normalized spacial score (nSPS) is 16.4. The molecule has 4 rings (SSSR count). The van der Waals surface area contributed by atoms with Gasteiger partial charge in [0, 0.05) is 47.7 Å². The monoisotopic (exact) mass is 480 g/mol. The predicted molar refractivity (Wildman–Crippen MR) is 134 cm³/mol. The van der Waals surface area contributed by atoms with Crippen molar-refractivity contribution in [3.63, 3.8) is 0 Å². The summed E-state index contributed by atoms with van der Waals surface area (Å²) in [5.74, 6) is 0.770. The Bertz CT molecular complexity index is 1100. The number of fused-ring (bicyclic) bond motifs is 1. The van der Waals surface area contributed by atoms with Gasteiger partial charge in [-0.2, -0.15) is 0 Å². The number of nitrogens with one attached hydrogen (secondary N) is 1. The summed E-state index contributed by atoms with van der Waals surface area (Å²) in [6, 6.07) is 13.7. The molecule has 8 heteroatoms. The van der Waals surface area contributed by atoms with Crippen LogP contribution < -0.4 is 5.32 Å². The average Bonchev–Trinajstić information content (AvgIpc) is 3.23. The van der Waals surface area contributed by atoms with Crippen molar-refractivity contribution in [3.05, 3.63) is 66.1 Å². The molecule has 0 spiro atoms. The first-order chi connectivity index (χ1) is 16.3. The van der Waals surface area contributed by atoms with Crippen LogP contribution in [0.5, 0.6) is 0 Å². The molecule has 1 N–H and O–H groups in total. The van der Waals surface area contributed by atoms with Gasteiger partial charge in [0.05, 0.1) is 5.69 Å². The largest absolute Gasteiger partial charge is 0.444 e. The Morgan fingerprint density at radius 1 is 1.15 bits per heavy atom. The number of thioether (sulfide) groups is 1. The van der Waals surface area contributed by atoms with Gasteiger partial charge < -0.3 is 19.4 Å². The van der Waals surface area contributed by atoms with Crippen LogP contribution in [-0.4, -0.2) is 51.0 Å². The van der Waals surface area contributed by atoms with Gasteiger partial charge in [0.2, 0.25) is 0 Å². The molecule has 1 fully saturated rings. The standard InChI is InChI=1S/C26H32N4O3S/c1-26(2,3)33-25(32)27-16-21-8-4-7-15-30(21)24(31)19-10-12-22(13-11-19)34-18-20-17-29-14-6-5-9-23(29)28-20/h5-6,9-14,17,21H,4,7-8,15-16,18H2,1-3H3,(H,27,32). The summed E-state index contributed by atoms with van der Waals surface area (Å²) in [4.78, 5) is 32.9. The number of piperidine rings is 1. The maximum atomic E-state index is 13.2. The van der Waals surface area contributed by atoms with Crippen LogP contribution in [0, 0.1) is 0 Å². The number of carbonyl (C=O) groups is 2. The zero-order valence-electron chi connectivity index (χ0n) is 20.0. The highest BCUT2D eigenvalue weighted by atomic mass is 32.2. The molecule has 34 heavy (non-hydrogen) atoms. The number of rotatable bonds is 6. The van der Waals surface area contributed by atoms with Gasteiger partial charge in [-0.1, -0.05) is 6.07 Å². The van der Waals surface area contributed by atoms with Crippen LogP contribution in [0.1, 0.15) is 56.1 Å². The van der Waals surface area contributed by atoms with Crippen molar-refractivity contribution in [1.82, 2.24) is 19.6 Å². The Morgan fingerprint density at radius 3 is 2.68 bits per heavy atom. The van der Waals surface area contributed by atoms with Crippen molar-refractivity contribution in [2.75, 3.05) is 13.1 Å². The molecule has 180 valence electrons. The molecular formula is C26H32N4O3S. The topological polar surface area (TPSA) is 75.9 Å². The first-order valence-electron chi connectivity index (χ1n) is 11.7. The number of alkyl carbamates (subject to hydrolysis) is 1. The summed E-state index contributed by atoms with van der Waals surface area (Å²) in [7, 11) is 0. The van der Waals surface area contributed by atoms with Crippen LogP contribution in [0.15, 0.2) is 59.8 Å². The van der Waals surface area contributed by atoms with Crippen molar-refractivity contribution < 1.29 is 14.3 Å². The Balaban J connectivity index is 1.34. The summed E-state index contributed by atoms with van der Waals surface area (Å²) in [5.41, 5.74) is 2.08. The van der Waals surface area contributed by atoms with Crippen LogP contribution in [0.2, 0.25) is 0 Å². The minimum absolute atomic E-state index is 0.00703. The fourth-order valence-electron chi connectivity index (χ4n) is 4.07. The molecule has 1 aliphatic rings. The van der Waals surface area contributed by atoms with Crippen molar-refractivity contribution in [1.29, 1.82) is 0 Å². The molecule has 1 unspecified atom stereocenters. The van der Waals surface area contributed by atoms with E-state index in [9.17, 15) is 9.59 Å². The lowest BCUT2D eigenvalue weighted by Crippen LogP contribution is -2.50. The molecule has 1 saturated heterocycles. The molecule has 0 radical (unpaired) electrons. The zero-order valence-corrected chi connectivity index (χ0v) is 20.8. The van der Waals surface area contributed by atoms with Crippen LogP contribution >= 0.6 is 11.8 Å². The third-order valence-electron chi connectivity index (χ3n) is 5.67. The summed E-state index contributed by atoms with van der Waals surface area (Å²) in [6.07, 6.45) is 6.48. The summed E-state index contributed by atoms with van der Waals surface area (Å²) in [6.45, 7) is 6.60. The molecule has 2 aromatic heterocycles. The molecule has 3 heterocycles. The Hall–Kier alpha value is -3.00. The highest BCUT2D eigenvalue weighted by Crippen LogP contribution is 2.25. The predicted octanol–water partition coefficient (Wildman–Crippen LogP) is 5.15. The molecule has 1 atom stereocenters. The number of hydrogen-bond donors (Lipinski definition) is 1.